The van der Waals surface area contributed by atoms with Gasteiger partial charge in [-0.15, -0.1) is 0 Å². The molecule has 0 amide bonds. The first-order valence-corrected chi connectivity index (χ1v) is 7.18. The predicted octanol–water partition coefficient (Wildman–Crippen LogP) is -0.739. The summed E-state index contributed by atoms with van der Waals surface area (Å²) in [4.78, 5) is 6.12. The van der Waals surface area contributed by atoms with Gasteiger partial charge in [0.15, 0.2) is 0 Å². The van der Waals surface area contributed by atoms with E-state index in [2.05, 4.69) is 10.6 Å². The molecule has 0 spiro atoms. The Labute approximate surface area is 100 Å². The average molecular weight is 272 g/mol. The standard InChI is InChI=1S/C4H10N2.5CN.Fe/c1-2-6-4-3-5-1;5*1-2;/h5-6H,1-4H2;;;;;;. The van der Waals surface area contributed by atoms with Gasteiger partial charge in [-0.1, -0.05) is 0 Å². The summed E-state index contributed by atoms with van der Waals surface area (Å²) < 4.78 is 0. The number of hydrogen-bond acceptors (Lipinski definition) is 7. The summed E-state index contributed by atoms with van der Waals surface area (Å²) in [5.41, 5.74) is 0. The Kier molecular flexibility index (Phi) is 5.66. The van der Waals surface area contributed by atoms with E-state index in [1.54, 1.807) is 0 Å². The summed E-state index contributed by atoms with van der Waals surface area (Å²) in [6, 6.07) is 0. The van der Waals surface area contributed by atoms with Gasteiger partial charge in [0.1, 0.15) is 0 Å². The Morgan fingerprint density at radius 1 is 0.588 bits per heavy atom. The van der Waals surface area contributed by atoms with Gasteiger partial charge < -0.3 is 10.6 Å². The molecule has 0 bridgehead atoms. The van der Waals surface area contributed by atoms with Crippen molar-refractivity contribution < 1.29 is 11.8 Å². The van der Waals surface area contributed by atoms with Crippen LogP contribution in [0.15, 0.2) is 0 Å². The molecule has 0 aromatic heterocycles. The van der Waals surface area contributed by atoms with Crippen molar-refractivity contribution in [3.8, 4) is 24.8 Å². The molecule has 0 aliphatic carbocycles. The minimum atomic E-state index is -4.78. The van der Waals surface area contributed by atoms with Gasteiger partial charge in [-0.2, -0.15) is 0 Å². The molecule has 0 aromatic carbocycles. The van der Waals surface area contributed by atoms with Crippen molar-refractivity contribution in [3.63, 3.8) is 0 Å². The molecule has 1 saturated heterocycles. The fourth-order valence-corrected chi connectivity index (χ4v) is 1.33. The van der Waals surface area contributed by atoms with E-state index >= 15 is 0 Å². The van der Waals surface area contributed by atoms with Crippen molar-refractivity contribution in [2.24, 2.45) is 0 Å². The summed E-state index contributed by atoms with van der Waals surface area (Å²) in [5.74, 6) is 0. The van der Waals surface area contributed by atoms with E-state index in [1.807, 2.05) is 0 Å². The first-order valence-electron chi connectivity index (χ1n) is 4.42. The van der Waals surface area contributed by atoms with Crippen LogP contribution in [-0.4, -0.2) is 26.2 Å². The molecule has 1 fully saturated rings. The van der Waals surface area contributed by atoms with Crippen LogP contribution >= 0.6 is 0 Å². The monoisotopic (exact) mass is 272 g/mol. The van der Waals surface area contributed by atoms with E-state index in [4.69, 9.17) is 26.3 Å². The molecule has 1 heterocycles. The summed E-state index contributed by atoms with van der Waals surface area (Å²) >= 11 is -4.78. The van der Waals surface area contributed by atoms with Crippen molar-refractivity contribution in [2.75, 3.05) is 26.2 Å². The van der Waals surface area contributed by atoms with Crippen molar-refractivity contribution in [3.05, 3.63) is 0 Å². The van der Waals surface area contributed by atoms with Gasteiger partial charge in [-0.05, 0) is 0 Å². The number of nitriles is 5. The number of rotatable bonds is 0. The second kappa shape index (κ2) is 6.47. The molecule has 2 N–H and O–H groups in total. The van der Waals surface area contributed by atoms with Crippen LogP contribution in [0, 0.1) is 51.1 Å². The zero-order valence-corrected chi connectivity index (χ0v) is 10.0. The molecule has 0 atom stereocenters. The Hall–Kier alpha value is -2.11. The van der Waals surface area contributed by atoms with Gasteiger partial charge in [0.05, 0.1) is 0 Å². The molecule has 8 heteroatoms. The summed E-state index contributed by atoms with van der Waals surface area (Å²) in [6.45, 7) is 4.56. The molecule has 1 rings (SSSR count). The number of piperazine rings is 1. The first-order chi connectivity index (χ1) is 8.12. The normalized spacial score (nSPS) is 15.8. The van der Waals surface area contributed by atoms with Crippen LogP contribution in [0.4, 0.5) is 0 Å². The topological polar surface area (TPSA) is 143 Å². The molecule has 0 aromatic rings. The first kappa shape index (κ1) is 14.9. The van der Waals surface area contributed by atoms with Gasteiger partial charge in [-0.25, -0.2) is 0 Å². The Morgan fingerprint density at radius 2 is 0.824 bits per heavy atom. The summed E-state index contributed by atoms with van der Waals surface area (Å²) in [5, 5.41) is 48.2. The third kappa shape index (κ3) is 3.44. The zero-order chi connectivity index (χ0) is 13.2. The number of nitrogens with one attached hydrogen (secondary N) is 2. The maximum atomic E-state index is 8.35. The van der Waals surface area contributed by atoms with E-state index in [0.29, 0.717) is 0 Å². The van der Waals surface area contributed by atoms with E-state index in [0.717, 1.165) is 26.2 Å². The molecule has 1 aliphatic heterocycles. The maximum absolute atomic E-state index is 8.35. The van der Waals surface area contributed by atoms with E-state index in [-0.39, 0.29) is 0 Å². The Bertz CT molecular complexity index is 364. The third-order valence-electron chi connectivity index (χ3n) is 1.75. The fourth-order valence-electron chi connectivity index (χ4n) is 0.780. The zero-order valence-electron chi connectivity index (χ0n) is 8.92. The Morgan fingerprint density at radius 3 is 0.882 bits per heavy atom. The summed E-state index contributed by atoms with van der Waals surface area (Å²) in [6.07, 6.45) is 0. The molecule has 89 valence electrons. The van der Waals surface area contributed by atoms with Gasteiger partial charge >= 0.3 is 62.9 Å². The van der Waals surface area contributed by atoms with Crippen LogP contribution in [-0.2, 0) is 11.8 Å². The Balaban J connectivity index is 0.000000354. The van der Waals surface area contributed by atoms with Gasteiger partial charge in [0.2, 0.25) is 0 Å². The minimum absolute atomic E-state index is 1.14. The van der Waals surface area contributed by atoms with Crippen molar-refractivity contribution in [1.29, 1.82) is 26.3 Å². The number of nitrogens with zero attached hydrogens (tertiary/aromatic N) is 5. The second-order valence-electron chi connectivity index (χ2n) is 2.78. The summed E-state index contributed by atoms with van der Waals surface area (Å²) in [7, 11) is 0. The molecule has 0 saturated carbocycles. The fraction of sp³-hybridized carbons (Fsp3) is 0.444. The predicted molar refractivity (Wildman–Crippen MR) is 53.8 cm³/mol. The van der Waals surface area contributed by atoms with Crippen LogP contribution in [0.2, 0.25) is 0 Å². The van der Waals surface area contributed by atoms with Crippen LogP contribution < -0.4 is 10.6 Å². The third-order valence-corrected chi connectivity index (χ3v) is 4.22. The molecule has 1 aliphatic rings. The molecule has 17 heavy (non-hydrogen) atoms. The van der Waals surface area contributed by atoms with Gasteiger partial charge in [0, 0.05) is 26.2 Å². The molecule has 0 unspecified atom stereocenters. The van der Waals surface area contributed by atoms with Crippen molar-refractivity contribution in [1.82, 2.24) is 10.6 Å². The number of hydrogen-bond donors (Lipinski definition) is 2. The molecular weight excluding hydrogens is 262 g/mol. The SMILES string of the molecule is C1CNCCN1.N#[C][Fe]([C]#N)([C]#N)([C]#N)[C]#N. The molecule has 7 nitrogen and oxygen atoms in total. The quantitative estimate of drug-likeness (QED) is 0.552. The average Bonchev–Trinajstić information content (AvgIpc) is 2.46. The van der Waals surface area contributed by atoms with Crippen LogP contribution in [0.1, 0.15) is 0 Å². The molecule has 0 radical (unpaired) electrons. The van der Waals surface area contributed by atoms with Crippen molar-refractivity contribution in [2.45, 2.75) is 0 Å². The van der Waals surface area contributed by atoms with E-state index in [9.17, 15) is 0 Å². The van der Waals surface area contributed by atoms with Crippen LogP contribution in [0.3, 0.4) is 0 Å². The molecular formula is C9H10FeN7. The van der Waals surface area contributed by atoms with E-state index in [1.165, 1.54) is 24.8 Å². The van der Waals surface area contributed by atoms with Crippen LogP contribution in [0.5, 0.6) is 0 Å². The second-order valence-corrected chi connectivity index (χ2v) is 6.77. The van der Waals surface area contributed by atoms with Crippen LogP contribution in [0.25, 0.3) is 0 Å². The van der Waals surface area contributed by atoms with Gasteiger partial charge in [0.25, 0.3) is 0 Å². The van der Waals surface area contributed by atoms with E-state index < -0.39 is 11.8 Å². The van der Waals surface area contributed by atoms with Crippen molar-refractivity contribution >= 4 is 0 Å². The van der Waals surface area contributed by atoms with Gasteiger partial charge in [-0.3, -0.25) is 0 Å².